The van der Waals surface area contributed by atoms with Gasteiger partial charge in [-0.1, -0.05) is 30.3 Å². The lowest BCUT2D eigenvalue weighted by Gasteiger charge is -2.25. The van der Waals surface area contributed by atoms with Crippen molar-refractivity contribution in [1.82, 2.24) is 9.03 Å². The summed E-state index contributed by atoms with van der Waals surface area (Å²) in [6.07, 6.45) is 0. The number of benzene rings is 1. The van der Waals surface area contributed by atoms with Crippen molar-refractivity contribution in [3.63, 3.8) is 0 Å². The minimum absolute atomic E-state index is 0.100. The van der Waals surface area contributed by atoms with Crippen molar-refractivity contribution in [2.24, 2.45) is 5.73 Å². The molecule has 5 nitrogen and oxygen atoms in total. The zero-order valence-electron chi connectivity index (χ0n) is 11.0. The van der Waals surface area contributed by atoms with E-state index < -0.39 is 16.3 Å². The number of hydrogen-bond acceptors (Lipinski definition) is 3. The number of hydrogen-bond donors (Lipinski definition) is 2. The van der Waals surface area contributed by atoms with Crippen LogP contribution in [-0.2, 0) is 10.2 Å². The third kappa shape index (κ3) is 3.78. The van der Waals surface area contributed by atoms with Gasteiger partial charge >= 0.3 is 0 Å². The molecular weight excluding hydrogens is 250 g/mol. The van der Waals surface area contributed by atoms with Gasteiger partial charge in [0.15, 0.2) is 0 Å². The molecule has 1 atom stereocenters. The van der Waals surface area contributed by atoms with Gasteiger partial charge in [-0.2, -0.15) is 17.4 Å². The molecule has 18 heavy (non-hydrogen) atoms. The van der Waals surface area contributed by atoms with Crippen molar-refractivity contribution in [1.29, 1.82) is 0 Å². The van der Waals surface area contributed by atoms with E-state index in [1.807, 2.05) is 44.2 Å². The maximum Gasteiger partial charge on any atom is 0.280 e. The number of nitrogens with one attached hydrogen (secondary N) is 1. The molecule has 1 aromatic carbocycles. The van der Waals surface area contributed by atoms with Gasteiger partial charge in [0.05, 0.1) is 6.04 Å². The second-order valence-corrected chi connectivity index (χ2v) is 6.19. The van der Waals surface area contributed by atoms with Crippen LogP contribution in [0.3, 0.4) is 0 Å². The molecule has 0 aromatic heterocycles. The minimum atomic E-state index is -3.52. The summed E-state index contributed by atoms with van der Waals surface area (Å²) in [5.74, 6) is 0. The van der Waals surface area contributed by atoms with Gasteiger partial charge in [0.2, 0.25) is 0 Å². The van der Waals surface area contributed by atoms with E-state index in [2.05, 4.69) is 4.72 Å². The van der Waals surface area contributed by atoms with E-state index >= 15 is 0 Å². The molecule has 0 saturated heterocycles. The molecule has 1 unspecified atom stereocenters. The van der Waals surface area contributed by atoms with E-state index in [-0.39, 0.29) is 12.6 Å². The average Bonchev–Trinajstić information content (AvgIpc) is 2.36. The molecule has 6 heteroatoms. The van der Waals surface area contributed by atoms with Crippen molar-refractivity contribution in [2.45, 2.75) is 25.9 Å². The molecule has 0 saturated carbocycles. The number of nitrogens with two attached hydrogens (primary N) is 1. The molecule has 0 spiro atoms. The van der Waals surface area contributed by atoms with E-state index in [4.69, 9.17) is 5.73 Å². The lowest BCUT2D eigenvalue weighted by atomic mass is 10.1. The van der Waals surface area contributed by atoms with Gasteiger partial charge in [-0.25, -0.2) is 0 Å². The predicted molar refractivity (Wildman–Crippen MR) is 73.2 cm³/mol. The molecule has 0 aliphatic heterocycles. The largest absolute Gasteiger partial charge is 0.329 e. The quantitative estimate of drug-likeness (QED) is 0.806. The molecule has 102 valence electrons. The van der Waals surface area contributed by atoms with Crippen LogP contribution in [0, 0.1) is 0 Å². The molecule has 0 bridgehead atoms. The van der Waals surface area contributed by atoms with Crippen LogP contribution in [0.1, 0.15) is 25.5 Å². The highest BCUT2D eigenvalue weighted by molar-refractivity contribution is 7.87. The Morgan fingerprint density at radius 2 is 1.83 bits per heavy atom. The predicted octanol–water partition coefficient (Wildman–Crippen LogP) is 0.861. The summed E-state index contributed by atoms with van der Waals surface area (Å²) in [6.45, 7) is 3.85. The molecule has 3 N–H and O–H groups in total. The molecule has 1 aromatic rings. The smallest absolute Gasteiger partial charge is 0.280 e. The Bertz CT molecular complexity index is 459. The highest BCUT2D eigenvalue weighted by Crippen LogP contribution is 2.13. The zero-order valence-corrected chi connectivity index (χ0v) is 11.8. The molecule has 0 aliphatic rings. The van der Waals surface area contributed by atoms with E-state index in [9.17, 15) is 8.42 Å². The van der Waals surface area contributed by atoms with Crippen LogP contribution in [0.4, 0.5) is 0 Å². The van der Waals surface area contributed by atoms with Crippen molar-refractivity contribution in [3.8, 4) is 0 Å². The summed E-state index contributed by atoms with van der Waals surface area (Å²) >= 11 is 0. The Morgan fingerprint density at radius 1 is 1.28 bits per heavy atom. The average molecular weight is 271 g/mol. The minimum Gasteiger partial charge on any atom is -0.329 e. The summed E-state index contributed by atoms with van der Waals surface area (Å²) in [5.41, 5.74) is 6.50. The van der Waals surface area contributed by atoms with Crippen LogP contribution in [-0.4, -0.2) is 32.4 Å². The molecule has 0 heterocycles. The molecule has 0 radical (unpaired) electrons. The van der Waals surface area contributed by atoms with E-state index in [1.54, 1.807) is 7.05 Å². The topological polar surface area (TPSA) is 75.4 Å². The Labute approximate surface area is 109 Å². The van der Waals surface area contributed by atoms with Gasteiger partial charge in [0.1, 0.15) is 0 Å². The third-order valence-corrected chi connectivity index (χ3v) is 4.60. The lowest BCUT2D eigenvalue weighted by Crippen LogP contribution is -2.44. The molecular formula is C12H21N3O2S. The fourth-order valence-electron chi connectivity index (χ4n) is 1.48. The van der Waals surface area contributed by atoms with Gasteiger partial charge < -0.3 is 5.73 Å². The summed E-state index contributed by atoms with van der Waals surface area (Å²) in [7, 11) is -1.97. The van der Waals surface area contributed by atoms with Crippen LogP contribution in [0.2, 0.25) is 0 Å². The lowest BCUT2D eigenvalue weighted by molar-refractivity contribution is 0.396. The molecule has 0 fully saturated rings. The summed E-state index contributed by atoms with van der Waals surface area (Å²) in [5, 5.41) is 0. The van der Waals surface area contributed by atoms with Crippen LogP contribution in [0.15, 0.2) is 30.3 Å². The van der Waals surface area contributed by atoms with Gasteiger partial charge in [-0.05, 0) is 19.4 Å². The van der Waals surface area contributed by atoms with Crippen molar-refractivity contribution >= 4 is 10.2 Å². The van der Waals surface area contributed by atoms with Crippen LogP contribution in [0.5, 0.6) is 0 Å². The SMILES string of the molecule is CC(C)N(C)S(=O)(=O)NC(CN)c1ccccc1. The number of rotatable bonds is 6. The summed E-state index contributed by atoms with van der Waals surface area (Å²) < 4.78 is 28.1. The Kier molecular flexibility index (Phi) is 5.28. The van der Waals surface area contributed by atoms with Gasteiger partial charge in [0, 0.05) is 19.6 Å². The maximum absolute atomic E-state index is 12.1. The molecule has 0 aliphatic carbocycles. The monoisotopic (exact) mass is 271 g/mol. The Hall–Kier alpha value is -0.950. The third-order valence-electron chi connectivity index (χ3n) is 2.84. The first kappa shape index (κ1) is 15.1. The van der Waals surface area contributed by atoms with E-state index in [1.165, 1.54) is 4.31 Å². The summed E-state index contributed by atoms with van der Waals surface area (Å²) in [4.78, 5) is 0. The normalized spacial score (nSPS) is 14.1. The maximum atomic E-state index is 12.1. The van der Waals surface area contributed by atoms with Gasteiger partial charge in [0.25, 0.3) is 10.2 Å². The Balaban J connectivity index is 2.88. The second kappa shape index (κ2) is 6.29. The number of nitrogens with zero attached hydrogens (tertiary/aromatic N) is 1. The van der Waals surface area contributed by atoms with Crippen molar-refractivity contribution < 1.29 is 8.42 Å². The molecule has 1 rings (SSSR count). The first-order valence-electron chi connectivity index (χ1n) is 5.88. The zero-order chi connectivity index (χ0) is 13.8. The molecule has 0 amide bonds. The van der Waals surface area contributed by atoms with Crippen LogP contribution >= 0.6 is 0 Å². The highest BCUT2D eigenvalue weighted by Gasteiger charge is 2.24. The van der Waals surface area contributed by atoms with Crippen molar-refractivity contribution in [3.05, 3.63) is 35.9 Å². The first-order valence-corrected chi connectivity index (χ1v) is 7.32. The fourth-order valence-corrected chi connectivity index (χ4v) is 2.79. The highest BCUT2D eigenvalue weighted by atomic mass is 32.2. The van der Waals surface area contributed by atoms with E-state index in [0.717, 1.165) is 5.56 Å². The second-order valence-electron chi connectivity index (χ2n) is 4.43. The van der Waals surface area contributed by atoms with E-state index in [0.29, 0.717) is 0 Å². The first-order chi connectivity index (χ1) is 8.38. The summed E-state index contributed by atoms with van der Waals surface area (Å²) in [6, 6.07) is 8.81. The fraction of sp³-hybridized carbons (Fsp3) is 0.500. The Morgan fingerprint density at radius 3 is 2.28 bits per heavy atom. The van der Waals surface area contributed by atoms with Crippen LogP contribution in [0.25, 0.3) is 0 Å². The van der Waals surface area contributed by atoms with Gasteiger partial charge in [-0.15, -0.1) is 0 Å². The van der Waals surface area contributed by atoms with Crippen LogP contribution < -0.4 is 10.5 Å². The van der Waals surface area contributed by atoms with Gasteiger partial charge in [-0.3, -0.25) is 0 Å². The van der Waals surface area contributed by atoms with Crippen molar-refractivity contribution in [2.75, 3.05) is 13.6 Å². The standard InChI is InChI=1S/C12H21N3O2S/c1-10(2)15(3)18(16,17)14-12(9-13)11-7-5-4-6-8-11/h4-8,10,12,14H,9,13H2,1-3H3.